The lowest BCUT2D eigenvalue weighted by Gasteiger charge is -2.25. The standard InChI is InChI=1S/C14H21NO3/c1-5-11(16)12-9(4)10(7-6-8(2)3)13(17)15-14(12)18/h8,10H,5-7H2,1-4H3,(H,15,17,18). The predicted octanol–water partition coefficient (Wildman–Crippen LogP) is 1.99. The summed E-state index contributed by atoms with van der Waals surface area (Å²) in [7, 11) is 0. The maximum Gasteiger partial charge on any atom is 0.261 e. The van der Waals surface area contributed by atoms with E-state index in [0.717, 1.165) is 6.42 Å². The Kier molecular flexibility index (Phi) is 4.82. The summed E-state index contributed by atoms with van der Waals surface area (Å²) in [5.41, 5.74) is 0.821. The molecule has 0 aromatic rings. The second-order valence-electron chi connectivity index (χ2n) is 5.18. The molecule has 0 bridgehead atoms. The fourth-order valence-corrected chi connectivity index (χ4v) is 2.18. The second kappa shape index (κ2) is 5.94. The fraction of sp³-hybridized carbons (Fsp3) is 0.643. The van der Waals surface area contributed by atoms with Gasteiger partial charge in [-0.15, -0.1) is 0 Å². The van der Waals surface area contributed by atoms with Gasteiger partial charge in [-0.05, 0) is 31.3 Å². The van der Waals surface area contributed by atoms with Crippen molar-refractivity contribution in [2.75, 3.05) is 0 Å². The summed E-state index contributed by atoms with van der Waals surface area (Å²) in [6.07, 6.45) is 1.87. The minimum Gasteiger partial charge on any atom is -0.294 e. The highest BCUT2D eigenvalue weighted by molar-refractivity contribution is 6.25. The summed E-state index contributed by atoms with van der Waals surface area (Å²) < 4.78 is 0. The number of hydrogen-bond donors (Lipinski definition) is 1. The smallest absolute Gasteiger partial charge is 0.261 e. The van der Waals surface area contributed by atoms with E-state index in [4.69, 9.17) is 0 Å². The highest BCUT2D eigenvalue weighted by Gasteiger charge is 2.34. The molecule has 0 saturated heterocycles. The Balaban J connectivity index is 3.02. The number of rotatable bonds is 5. The topological polar surface area (TPSA) is 63.2 Å². The average Bonchev–Trinajstić information content (AvgIpc) is 2.27. The molecule has 1 aliphatic heterocycles. The van der Waals surface area contributed by atoms with Gasteiger partial charge in [-0.2, -0.15) is 0 Å². The molecule has 1 N–H and O–H groups in total. The lowest BCUT2D eigenvalue weighted by molar-refractivity contribution is -0.132. The number of ketones is 1. The molecule has 18 heavy (non-hydrogen) atoms. The van der Waals surface area contributed by atoms with E-state index < -0.39 is 5.91 Å². The van der Waals surface area contributed by atoms with Crippen LogP contribution in [0, 0.1) is 11.8 Å². The third kappa shape index (κ3) is 3.06. The molecule has 0 aromatic carbocycles. The highest BCUT2D eigenvalue weighted by atomic mass is 16.2. The van der Waals surface area contributed by atoms with Crippen LogP contribution in [-0.2, 0) is 14.4 Å². The van der Waals surface area contributed by atoms with E-state index in [-0.39, 0.29) is 29.6 Å². The summed E-state index contributed by atoms with van der Waals surface area (Å²) in [6.45, 7) is 7.62. The number of hydrogen-bond acceptors (Lipinski definition) is 3. The average molecular weight is 251 g/mol. The molecule has 2 amide bonds. The van der Waals surface area contributed by atoms with Gasteiger partial charge >= 0.3 is 0 Å². The SMILES string of the molecule is CCC(=O)C1=C(C)C(CCC(C)C)C(=O)NC1=O. The van der Waals surface area contributed by atoms with E-state index in [1.165, 1.54) is 0 Å². The number of carbonyl (C=O) groups is 3. The van der Waals surface area contributed by atoms with Gasteiger partial charge in [0.05, 0.1) is 11.5 Å². The first-order valence-electron chi connectivity index (χ1n) is 6.47. The van der Waals surface area contributed by atoms with Crippen LogP contribution in [-0.4, -0.2) is 17.6 Å². The zero-order valence-electron chi connectivity index (χ0n) is 11.5. The molecule has 1 aliphatic rings. The van der Waals surface area contributed by atoms with Crippen molar-refractivity contribution in [3.8, 4) is 0 Å². The minimum absolute atomic E-state index is 0.186. The summed E-state index contributed by atoms with van der Waals surface area (Å²) in [6, 6.07) is 0. The van der Waals surface area contributed by atoms with Gasteiger partial charge in [0, 0.05) is 6.42 Å². The molecule has 1 rings (SSSR count). The molecule has 1 unspecified atom stereocenters. The minimum atomic E-state index is -0.537. The first kappa shape index (κ1) is 14.6. The number of carbonyl (C=O) groups excluding carboxylic acids is 3. The van der Waals surface area contributed by atoms with Crippen molar-refractivity contribution >= 4 is 17.6 Å². The van der Waals surface area contributed by atoms with Crippen LogP contribution in [0.25, 0.3) is 0 Å². The van der Waals surface area contributed by atoms with E-state index in [0.29, 0.717) is 17.9 Å². The lowest BCUT2D eigenvalue weighted by atomic mass is 9.84. The van der Waals surface area contributed by atoms with E-state index in [2.05, 4.69) is 19.2 Å². The van der Waals surface area contributed by atoms with Crippen molar-refractivity contribution in [1.82, 2.24) is 5.32 Å². The highest BCUT2D eigenvalue weighted by Crippen LogP contribution is 2.27. The molecule has 0 fully saturated rings. The summed E-state index contributed by atoms with van der Waals surface area (Å²) >= 11 is 0. The molecule has 100 valence electrons. The van der Waals surface area contributed by atoms with E-state index in [1.54, 1.807) is 13.8 Å². The van der Waals surface area contributed by atoms with Crippen LogP contribution in [0.15, 0.2) is 11.1 Å². The van der Waals surface area contributed by atoms with Crippen LogP contribution in [0.3, 0.4) is 0 Å². The van der Waals surface area contributed by atoms with Gasteiger partial charge in [0.1, 0.15) is 0 Å². The van der Waals surface area contributed by atoms with Crippen molar-refractivity contribution in [3.05, 3.63) is 11.1 Å². The zero-order valence-corrected chi connectivity index (χ0v) is 11.5. The van der Waals surface area contributed by atoms with Crippen LogP contribution in [0.5, 0.6) is 0 Å². The second-order valence-corrected chi connectivity index (χ2v) is 5.18. The van der Waals surface area contributed by atoms with E-state index >= 15 is 0 Å². The van der Waals surface area contributed by atoms with Gasteiger partial charge in [0.2, 0.25) is 5.91 Å². The third-order valence-corrected chi connectivity index (χ3v) is 3.33. The number of amides is 2. The molecule has 4 heteroatoms. The monoisotopic (exact) mass is 251 g/mol. The van der Waals surface area contributed by atoms with Crippen LogP contribution in [0.4, 0.5) is 0 Å². The van der Waals surface area contributed by atoms with Crippen molar-refractivity contribution in [2.24, 2.45) is 11.8 Å². The van der Waals surface area contributed by atoms with E-state index in [1.807, 2.05) is 0 Å². The molecule has 0 aromatic heterocycles. The Morgan fingerprint density at radius 1 is 1.33 bits per heavy atom. The normalized spacial score (nSPS) is 20.4. The largest absolute Gasteiger partial charge is 0.294 e. The molecule has 0 aliphatic carbocycles. The lowest BCUT2D eigenvalue weighted by Crippen LogP contribution is -2.44. The Morgan fingerprint density at radius 3 is 2.44 bits per heavy atom. The van der Waals surface area contributed by atoms with Crippen molar-refractivity contribution in [2.45, 2.75) is 47.0 Å². The summed E-state index contributed by atoms with van der Waals surface area (Å²) in [5, 5.41) is 2.29. The molecule has 4 nitrogen and oxygen atoms in total. The first-order chi connectivity index (χ1) is 8.38. The van der Waals surface area contributed by atoms with Gasteiger partial charge in [-0.3, -0.25) is 19.7 Å². The van der Waals surface area contributed by atoms with Gasteiger partial charge in [0.25, 0.3) is 5.91 Å². The van der Waals surface area contributed by atoms with Crippen molar-refractivity contribution in [1.29, 1.82) is 0 Å². The molecule has 0 spiro atoms. The third-order valence-electron chi connectivity index (χ3n) is 3.33. The van der Waals surface area contributed by atoms with Gasteiger partial charge in [-0.25, -0.2) is 0 Å². The first-order valence-corrected chi connectivity index (χ1v) is 6.47. The Morgan fingerprint density at radius 2 is 1.94 bits per heavy atom. The molecule has 1 heterocycles. The number of imide groups is 1. The van der Waals surface area contributed by atoms with Crippen LogP contribution in [0.1, 0.15) is 47.0 Å². The van der Waals surface area contributed by atoms with Crippen LogP contribution in [0.2, 0.25) is 0 Å². The Labute approximate surface area is 108 Å². The van der Waals surface area contributed by atoms with Crippen LogP contribution >= 0.6 is 0 Å². The summed E-state index contributed by atoms with van der Waals surface area (Å²) in [4.78, 5) is 35.2. The van der Waals surface area contributed by atoms with Crippen molar-refractivity contribution < 1.29 is 14.4 Å². The van der Waals surface area contributed by atoms with Gasteiger partial charge in [0.15, 0.2) is 5.78 Å². The van der Waals surface area contributed by atoms with Crippen LogP contribution < -0.4 is 5.32 Å². The maximum absolute atomic E-state index is 11.8. The predicted molar refractivity (Wildman–Crippen MR) is 68.7 cm³/mol. The molecule has 0 radical (unpaired) electrons. The number of nitrogens with one attached hydrogen (secondary N) is 1. The molecule has 0 saturated carbocycles. The van der Waals surface area contributed by atoms with Crippen molar-refractivity contribution in [3.63, 3.8) is 0 Å². The Hall–Kier alpha value is -1.45. The number of Topliss-reactive ketones (excluding diaryl/α,β-unsaturated/α-hetero) is 1. The molecular weight excluding hydrogens is 230 g/mol. The fourth-order valence-electron chi connectivity index (χ4n) is 2.18. The van der Waals surface area contributed by atoms with Gasteiger partial charge in [-0.1, -0.05) is 20.8 Å². The maximum atomic E-state index is 11.8. The zero-order chi connectivity index (χ0) is 13.9. The van der Waals surface area contributed by atoms with Gasteiger partial charge < -0.3 is 0 Å². The molecular formula is C14H21NO3. The molecule has 1 atom stereocenters. The summed E-state index contributed by atoms with van der Waals surface area (Å²) in [5.74, 6) is -0.841. The quantitative estimate of drug-likeness (QED) is 0.600. The van der Waals surface area contributed by atoms with E-state index in [9.17, 15) is 14.4 Å². The Bertz CT molecular complexity index is 407.